The zero-order valence-corrected chi connectivity index (χ0v) is 17.6. The third-order valence-electron chi connectivity index (χ3n) is 5.16. The Morgan fingerprint density at radius 1 is 1.41 bits per heavy atom. The molecule has 0 fully saturated rings. The summed E-state index contributed by atoms with van der Waals surface area (Å²) in [7, 11) is 1.61. The molecule has 0 bridgehead atoms. The maximum Gasteiger partial charge on any atom is 0.333 e. The Hall–Kier alpha value is -2.25. The minimum Gasteiger partial charge on any atom is -0.496 e. The Balaban J connectivity index is 1.96. The summed E-state index contributed by atoms with van der Waals surface area (Å²) in [6.45, 7) is 5.31. The van der Waals surface area contributed by atoms with Gasteiger partial charge in [-0.15, -0.1) is 11.6 Å². The maximum absolute atomic E-state index is 13.1. The fourth-order valence-electron chi connectivity index (χ4n) is 3.55. The number of fused-ring (bicyclic) bond motifs is 2. The van der Waals surface area contributed by atoms with Crippen molar-refractivity contribution in [1.29, 1.82) is 0 Å². The fraction of sp³-hybridized carbons (Fsp3) is 0.524. The number of alkyl halides is 1. The molecule has 0 aromatic heterocycles. The highest BCUT2D eigenvalue weighted by Crippen LogP contribution is 2.39. The predicted octanol–water partition coefficient (Wildman–Crippen LogP) is 2.98. The monoisotopic (exact) mass is 423 g/mol. The molecule has 0 saturated heterocycles. The van der Waals surface area contributed by atoms with Crippen LogP contribution in [0.4, 0.5) is 0 Å². The number of ether oxygens (including phenoxy) is 3. The third kappa shape index (κ3) is 4.36. The van der Waals surface area contributed by atoms with E-state index in [0.29, 0.717) is 49.0 Å². The Labute approximate surface area is 175 Å². The number of hydrogen-bond donors (Lipinski definition) is 1. The minimum absolute atomic E-state index is 0.123. The van der Waals surface area contributed by atoms with Gasteiger partial charge in [-0.05, 0) is 5.92 Å². The standard InChI is InChI=1S/C21H26ClNO6/c1-12(2)15-11-29-16-9-17(28-8-4-7-27-3)19(22)20(24)18(16)14-6-5-13(21(25)26)10-23(14)15/h6,9-10,12,15,19H,4-5,7-8,11H2,1-3H3,(H,25,26)/t15?,19-/m1/s1. The summed E-state index contributed by atoms with van der Waals surface area (Å²) in [6.07, 6.45) is 5.96. The van der Waals surface area contributed by atoms with Crippen molar-refractivity contribution >= 4 is 23.4 Å². The number of nitrogens with zero attached hydrogens (tertiary/aromatic N) is 1. The Morgan fingerprint density at radius 3 is 2.83 bits per heavy atom. The molecule has 7 nitrogen and oxygen atoms in total. The predicted molar refractivity (Wildman–Crippen MR) is 107 cm³/mol. The molecule has 0 aromatic rings. The van der Waals surface area contributed by atoms with Gasteiger partial charge in [-0.25, -0.2) is 4.79 Å². The van der Waals surface area contributed by atoms with Crippen LogP contribution in [0.15, 0.2) is 46.7 Å². The van der Waals surface area contributed by atoms with Crippen LogP contribution in [-0.4, -0.2) is 60.1 Å². The van der Waals surface area contributed by atoms with Crippen molar-refractivity contribution in [3.63, 3.8) is 0 Å². The first-order chi connectivity index (χ1) is 13.8. The zero-order chi connectivity index (χ0) is 21.1. The van der Waals surface area contributed by atoms with E-state index in [1.54, 1.807) is 25.5 Å². The average molecular weight is 424 g/mol. The molecule has 1 N–H and O–H groups in total. The molecule has 158 valence electrons. The summed E-state index contributed by atoms with van der Waals surface area (Å²) in [6, 6.07) is -0.123. The molecule has 2 aliphatic heterocycles. The molecule has 0 amide bonds. The number of methoxy groups -OCH3 is 1. The lowest BCUT2D eigenvalue weighted by Gasteiger charge is -2.35. The number of carbonyl (C=O) groups is 2. The summed E-state index contributed by atoms with van der Waals surface area (Å²) in [5.74, 6) is -0.336. The van der Waals surface area contributed by atoms with E-state index in [4.69, 9.17) is 25.8 Å². The number of allylic oxidation sites excluding steroid dienone is 4. The molecule has 3 aliphatic rings. The van der Waals surface area contributed by atoms with Crippen molar-refractivity contribution in [2.45, 2.75) is 38.1 Å². The minimum atomic E-state index is -0.973. The van der Waals surface area contributed by atoms with Crippen molar-refractivity contribution in [3.8, 4) is 0 Å². The highest BCUT2D eigenvalue weighted by atomic mass is 35.5. The average Bonchev–Trinajstić information content (AvgIpc) is 2.85. The lowest BCUT2D eigenvalue weighted by Crippen LogP contribution is -2.40. The van der Waals surface area contributed by atoms with Crippen LogP contribution in [0.5, 0.6) is 0 Å². The SMILES string of the molecule is COCCCOC1=CC2=C(C(=O)[C@@H]1Cl)C1=CCC(C(=O)O)=CN1C(C(C)C)CO2. The van der Waals surface area contributed by atoms with Crippen LogP contribution in [-0.2, 0) is 23.8 Å². The summed E-state index contributed by atoms with van der Waals surface area (Å²) < 4.78 is 16.7. The van der Waals surface area contributed by atoms with Crippen molar-refractivity contribution in [1.82, 2.24) is 4.90 Å². The lowest BCUT2D eigenvalue weighted by molar-refractivity contribution is -0.132. The van der Waals surface area contributed by atoms with E-state index in [0.717, 1.165) is 0 Å². The molecule has 0 aromatic carbocycles. The lowest BCUT2D eigenvalue weighted by atomic mass is 9.92. The van der Waals surface area contributed by atoms with Gasteiger partial charge in [0.1, 0.15) is 18.1 Å². The number of carbonyl (C=O) groups excluding carboxylic acids is 1. The number of carboxylic acid groups (broad SMARTS) is 1. The third-order valence-corrected chi connectivity index (χ3v) is 5.58. The summed E-state index contributed by atoms with van der Waals surface area (Å²) >= 11 is 6.41. The largest absolute Gasteiger partial charge is 0.496 e. The van der Waals surface area contributed by atoms with Gasteiger partial charge < -0.3 is 24.2 Å². The van der Waals surface area contributed by atoms with E-state index in [1.807, 2.05) is 18.7 Å². The van der Waals surface area contributed by atoms with Crippen LogP contribution in [0.25, 0.3) is 0 Å². The Bertz CT molecular complexity index is 810. The number of carboxylic acids is 1. The molecule has 1 unspecified atom stereocenters. The van der Waals surface area contributed by atoms with Gasteiger partial charge >= 0.3 is 5.97 Å². The van der Waals surface area contributed by atoms with Crippen molar-refractivity contribution in [2.24, 2.45) is 5.92 Å². The summed E-state index contributed by atoms with van der Waals surface area (Å²) in [5, 5.41) is 8.46. The first-order valence-corrected chi connectivity index (χ1v) is 10.1. The highest BCUT2D eigenvalue weighted by molar-refractivity contribution is 6.36. The highest BCUT2D eigenvalue weighted by Gasteiger charge is 2.41. The number of hydrogen-bond acceptors (Lipinski definition) is 6. The van der Waals surface area contributed by atoms with Gasteiger partial charge in [0.2, 0.25) is 0 Å². The second kappa shape index (κ2) is 9.05. The molecule has 8 heteroatoms. The number of ketones is 1. The van der Waals surface area contributed by atoms with E-state index >= 15 is 0 Å². The molecule has 2 atom stereocenters. The number of aliphatic carboxylic acids is 1. The van der Waals surface area contributed by atoms with Gasteiger partial charge in [0, 0.05) is 38.8 Å². The Kier molecular flexibility index (Phi) is 6.70. The normalized spacial score (nSPS) is 24.1. The molecule has 29 heavy (non-hydrogen) atoms. The van der Waals surface area contributed by atoms with Gasteiger partial charge in [0.25, 0.3) is 0 Å². The van der Waals surface area contributed by atoms with Gasteiger partial charge in [0.05, 0.1) is 29.5 Å². The maximum atomic E-state index is 13.1. The molecule has 2 heterocycles. The van der Waals surface area contributed by atoms with Crippen molar-refractivity contribution < 1.29 is 28.9 Å². The smallest absolute Gasteiger partial charge is 0.333 e. The van der Waals surface area contributed by atoms with Crippen LogP contribution in [0.2, 0.25) is 0 Å². The molecule has 0 radical (unpaired) electrons. The van der Waals surface area contributed by atoms with Gasteiger partial charge in [-0.3, -0.25) is 4.79 Å². The summed E-state index contributed by atoms with van der Waals surface area (Å²) in [4.78, 5) is 26.5. The molecule has 0 spiro atoms. The number of Topliss-reactive ketones (excluding diaryl/α,β-unsaturated/α-hetero) is 1. The fourth-order valence-corrected chi connectivity index (χ4v) is 3.78. The van der Waals surface area contributed by atoms with E-state index in [2.05, 4.69) is 0 Å². The molecule has 1 aliphatic carbocycles. The quantitative estimate of drug-likeness (QED) is 0.497. The van der Waals surface area contributed by atoms with Crippen LogP contribution in [0.1, 0.15) is 26.7 Å². The second-order valence-corrected chi connectivity index (χ2v) is 7.93. The molecular weight excluding hydrogens is 398 g/mol. The summed E-state index contributed by atoms with van der Waals surface area (Å²) in [5.41, 5.74) is 1.29. The van der Waals surface area contributed by atoms with Crippen LogP contribution < -0.4 is 0 Å². The number of halogens is 1. The molecule has 3 rings (SSSR count). The van der Waals surface area contributed by atoms with Gasteiger partial charge in [-0.2, -0.15) is 0 Å². The molecule has 0 saturated carbocycles. The van der Waals surface area contributed by atoms with Gasteiger partial charge in [-0.1, -0.05) is 19.9 Å². The van der Waals surface area contributed by atoms with Crippen LogP contribution >= 0.6 is 11.6 Å². The van der Waals surface area contributed by atoms with Crippen LogP contribution in [0, 0.1) is 5.92 Å². The Morgan fingerprint density at radius 2 is 2.17 bits per heavy atom. The van der Waals surface area contributed by atoms with Gasteiger partial charge in [0.15, 0.2) is 11.2 Å². The van der Waals surface area contributed by atoms with E-state index < -0.39 is 11.3 Å². The number of rotatable bonds is 7. The van der Waals surface area contributed by atoms with E-state index in [-0.39, 0.29) is 29.7 Å². The van der Waals surface area contributed by atoms with Crippen molar-refractivity contribution in [2.75, 3.05) is 26.9 Å². The topological polar surface area (TPSA) is 85.3 Å². The van der Waals surface area contributed by atoms with Crippen LogP contribution in [0.3, 0.4) is 0 Å². The zero-order valence-electron chi connectivity index (χ0n) is 16.8. The van der Waals surface area contributed by atoms with Crippen molar-refractivity contribution in [3.05, 3.63) is 46.7 Å². The van der Waals surface area contributed by atoms with E-state index in [9.17, 15) is 14.7 Å². The van der Waals surface area contributed by atoms with E-state index in [1.165, 1.54) is 0 Å². The molecular formula is C21H26ClNO6. The first-order valence-electron chi connectivity index (χ1n) is 9.66. The first kappa shape index (κ1) is 21.5. The second-order valence-electron chi connectivity index (χ2n) is 7.49.